The molecule has 1 aliphatic rings. The Morgan fingerprint density at radius 3 is 2.58 bits per heavy atom. The van der Waals surface area contributed by atoms with Crippen molar-refractivity contribution >= 4 is 0 Å². The van der Waals surface area contributed by atoms with Crippen molar-refractivity contribution in [2.24, 2.45) is 5.41 Å². The second-order valence-corrected chi connectivity index (χ2v) is 4.53. The van der Waals surface area contributed by atoms with Gasteiger partial charge < -0.3 is 0 Å². The maximum Gasteiger partial charge on any atom is 0.213 e. The molecule has 1 rings (SSSR count). The van der Waals surface area contributed by atoms with E-state index in [0.29, 0.717) is 5.41 Å². The molecule has 12 heavy (non-hydrogen) atoms. The second kappa shape index (κ2) is 3.42. The highest BCUT2D eigenvalue weighted by atomic mass is 16.6. The largest absolute Gasteiger partial charge is 0.264 e. The topological polar surface area (TPSA) is 43.1 Å². The molecule has 0 N–H and O–H groups in total. The minimum absolute atomic E-state index is 0.110. The fourth-order valence-electron chi connectivity index (χ4n) is 1.85. The van der Waals surface area contributed by atoms with E-state index < -0.39 is 0 Å². The van der Waals surface area contributed by atoms with Crippen LogP contribution in [0.4, 0.5) is 0 Å². The third-order valence-corrected chi connectivity index (χ3v) is 2.84. The summed E-state index contributed by atoms with van der Waals surface area (Å²) < 4.78 is 0. The normalized spacial score (nSPS) is 29.3. The Labute approximate surface area is 73.3 Å². The minimum atomic E-state index is -0.272. The first-order valence-corrected chi connectivity index (χ1v) is 4.65. The van der Waals surface area contributed by atoms with E-state index >= 15 is 0 Å². The van der Waals surface area contributed by atoms with Gasteiger partial charge in [0.15, 0.2) is 0 Å². The molecule has 0 aromatic rings. The lowest BCUT2D eigenvalue weighted by Crippen LogP contribution is -2.18. The molecule has 1 unspecified atom stereocenters. The molecule has 1 fully saturated rings. The SMILES string of the molecule is CC1(C)CCCC([N+](=O)[O-])CC1. The van der Waals surface area contributed by atoms with Gasteiger partial charge in [0.25, 0.3) is 0 Å². The summed E-state index contributed by atoms with van der Waals surface area (Å²) in [6, 6.07) is -0.272. The van der Waals surface area contributed by atoms with Crippen LogP contribution in [0.15, 0.2) is 0 Å². The number of nitrogens with zero attached hydrogens (tertiary/aromatic N) is 1. The summed E-state index contributed by atoms with van der Waals surface area (Å²) in [4.78, 5) is 10.4. The first-order chi connectivity index (χ1) is 5.51. The molecule has 3 nitrogen and oxygen atoms in total. The zero-order valence-corrected chi connectivity index (χ0v) is 7.88. The number of nitro groups is 1. The standard InChI is InChI=1S/C9H17NO2/c1-9(2)6-3-4-8(5-7-9)10(11)12/h8H,3-7H2,1-2H3. The molecule has 3 heteroatoms. The number of rotatable bonds is 1. The van der Waals surface area contributed by atoms with Gasteiger partial charge in [-0.1, -0.05) is 13.8 Å². The maximum absolute atomic E-state index is 10.5. The van der Waals surface area contributed by atoms with Crippen LogP contribution in [0.2, 0.25) is 0 Å². The summed E-state index contributed by atoms with van der Waals surface area (Å²) in [6.45, 7) is 4.41. The highest BCUT2D eigenvalue weighted by molar-refractivity contribution is 4.75. The quantitative estimate of drug-likeness (QED) is 0.346. The van der Waals surface area contributed by atoms with Gasteiger partial charge in [0.1, 0.15) is 0 Å². The summed E-state index contributed by atoms with van der Waals surface area (Å²) in [5.74, 6) is 0. The van der Waals surface area contributed by atoms with Gasteiger partial charge in [0.2, 0.25) is 6.04 Å². The lowest BCUT2D eigenvalue weighted by Gasteiger charge is -2.20. The molecule has 0 bridgehead atoms. The van der Waals surface area contributed by atoms with E-state index in [9.17, 15) is 10.1 Å². The Hall–Kier alpha value is -0.600. The Kier molecular flexibility index (Phi) is 2.70. The van der Waals surface area contributed by atoms with Crippen LogP contribution >= 0.6 is 0 Å². The summed E-state index contributed by atoms with van der Waals surface area (Å²) in [5.41, 5.74) is 0.324. The molecule has 70 valence electrons. The maximum atomic E-state index is 10.5. The van der Waals surface area contributed by atoms with Gasteiger partial charge in [-0.3, -0.25) is 10.1 Å². The Morgan fingerprint density at radius 2 is 2.00 bits per heavy atom. The molecule has 0 aliphatic heterocycles. The van der Waals surface area contributed by atoms with Gasteiger partial charge in [-0.15, -0.1) is 0 Å². The Bertz CT molecular complexity index is 177. The molecule has 0 aromatic heterocycles. The first kappa shape index (κ1) is 9.49. The van der Waals surface area contributed by atoms with Crippen molar-refractivity contribution in [1.82, 2.24) is 0 Å². The lowest BCUT2D eigenvalue weighted by molar-refractivity contribution is -0.524. The predicted molar refractivity (Wildman–Crippen MR) is 47.6 cm³/mol. The molecule has 1 saturated carbocycles. The zero-order valence-electron chi connectivity index (χ0n) is 7.88. The van der Waals surface area contributed by atoms with Crippen molar-refractivity contribution in [3.8, 4) is 0 Å². The molecule has 0 aromatic carbocycles. The molecule has 0 amide bonds. The van der Waals surface area contributed by atoms with Crippen LogP contribution in [0.3, 0.4) is 0 Å². The van der Waals surface area contributed by atoms with Crippen LogP contribution < -0.4 is 0 Å². The molecule has 0 saturated heterocycles. The number of hydrogen-bond donors (Lipinski definition) is 0. The molecule has 1 aliphatic carbocycles. The molecule has 0 radical (unpaired) electrons. The van der Waals surface area contributed by atoms with Crippen molar-refractivity contribution in [1.29, 1.82) is 0 Å². The van der Waals surface area contributed by atoms with Crippen LogP contribution in [0.25, 0.3) is 0 Å². The van der Waals surface area contributed by atoms with Crippen molar-refractivity contribution < 1.29 is 4.92 Å². The molecule has 1 atom stereocenters. The van der Waals surface area contributed by atoms with Crippen molar-refractivity contribution in [3.63, 3.8) is 0 Å². The summed E-state index contributed by atoms with van der Waals surface area (Å²) in [6.07, 6.45) is 4.69. The smallest absolute Gasteiger partial charge is 0.213 e. The van der Waals surface area contributed by atoms with E-state index in [1.54, 1.807) is 0 Å². The van der Waals surface area contributed by atoms with E-state index in [-0.39, 0.29) is 11.0 Å². The zero-order chi connectivity index (χ0) is 9.19. The molecular weight excluding hydrogens is 154 g/mol. The second-order valence-electron chi connectivity index (χ2n) is 4.53. The molecule has 0 spiro atoms. The van der Waals surface area contributed by atoms with Gasteiger partial charge in [0.05, 0.1) is 0 Å². The van der Waals surface area contributed by atoms with E-state index in [4.69, 9.17) is 0 Å². The van der Waals surface area contributed by atoms with Gasteiger partial charge >= 0.3 is 0 Å². The van der Waals surface area contributed by atoms with Crippen LogP contribution in [0, 0.1) is 15.5 Å². The van der Waals surface area contributed by atoms with E-state index in [0.717, 1.165) is 32.1 Å². The van der Waals surface area contributed by atoms with Crippen LogP contribution in [0.1, 0.15) is 46.0 Å². The van der Waals surface area contributed by atoms with Gasteiger partial charge in [-0.05, 0) is 24.7 Å². The average Bonchev–Trinajstić information content (AvgIpc) is 2.10. The summed E-state index contributed by atoms with van der Waals surface area (Å²) in [5, 5.41) is 10.5. The Balaban J connectivity index is 2.50. The summed E-state index contributed by atoms with van der Waals surface area (Å²) >= 11 is 0. The fourth-order valence-corrected chi connectivity index (χ4v) is 1.85. The monoisotopic (exact) mass is 171 g/mol. The highest BCUT2D eigenvalue weighted by Gasteiger charge is 2.29. The third-order valence-electron chi connectivity index (χ3n) is 2.84. The summed E-state index contributed by atoms with van der Waals surface area (Å²) in [7, 11) is 0. The van der Waals surface area contributed by atoms with E-state index in [1.807, 2.05) is 0 Å². The van der Waals surface area contributed by atoms with Gasteiger partial charge in [-0.2, -0.15) is 0 Å². The lowest BCUT2D eigenvalue weighted by atomic mass is 9.85. The van der Waals surface area contributed by atoms with Crippen molar-refractivity contribution in [3.05, 3.63) is 10.1 Å². The minimum Gasteiger partial charge on any atom is -0.264 e. The van der Waals surface area contributed by atoms with Gasteiger partial charge in [0, 0.05) is 17.8 Å². The fraction of sp³-hybridized carbons (Fsp3) is 1.00. The van der Waals surface area contributed by atoms with Crippen LogP contribution in [-0.2, 0) is 0 Å². The van der Waals surface area contributed by atoms with Gasteiger partial charge in [-0.25, -0.2) is 0 Å². The van der Waals surface area contributed by atoms with E-state index in [2.05, 4.69) is 13.8 Å². The van der Waals surface area contributed by atoms with Crippen LogP contribution in [0.5, 0.6) is 0 Å². The first-order valence-electron chi connectivity index (χ1n) is 4.65. The average molecular weight is 171 g/mol. The van der Waals surface area contributed by atoms with Crippen LogP contribution in [-0.4, -0.2) is 11.0 Å². The number of hydrogen-bond acceptors (Lipinski definition) is 2. The molecule has 0 heterocycles. The third kappa shape index (κ3) is 2.47. The molecular formula is C9H17NO2. The Morgan fingerprint density at radius 1 is 1.33 bits per heavy atom. The highest BCUT2D eigenvalue weighted by Crippen LogP contribution is 2.34. The van der Waals surface area contributed by atoms with E-state index in [1.165, 1.54) is 0 Å². The van der Waals surface area contributed by atoms with Crippen molar-refractivity contribution in [2.75, 3.05) is 0 Å². The predicted octanol–water partition coefficient (Wildman–Crippen LogP) is 2.62. The van der Waals surface area contributed by atoms with Crippen molar-refractivity contribution in [2.45, 2.75) is 52.0 Å².